The van der Waals surface area contributed by atoms with Gasteiger partial charge in [-0.05, 0) is 30.2 Å². The van der Waals surface area contributed by atoms with Gasteiger partial charge in [-0.25, -0.2) is 10.8 Å². The lowest BCUT2D eigenvalue weighted by atomic mass is 10.1. The molecule has 0 spiro atoms. The molecule has 6 heteroatoms. The average molecular weight is 293 g/mol. The molecular weight excluding hydrogens is 276 g/mol. The molecule has 0 atom stereocenters. The summed E-state index contributed by atoms with van der Waals surface area (Å²) in [4.78, 5) is 8.52. The topological polar surface area (TPSA) is 73.1 Å². The summed E-state index contributed by atoms with van der Waals surface area (Å²) in [5.41, 5.74) is 3.54. The number of nitrogens with zero attached hydrogens (tertiary/aromatic N) is 2. The zero-order valence-corrected chi connectivity index (χ0v) is 12.2. The number of hydrogen-bond acceptors (Lipinski definition) is 5. The first-order valence-electron chi connectivity index (χ1n) is 6.47. The Kier molecular flexibility index (Phi) is 4.76. The Morgan fingerprint density at radius 1 is 1.20 bits per heavy atom. The SMILES string of the molecule is CCc1nc(NN)cc(Oc2ccc(Cl)c(CC)c2)n1. The Morgan fingerprint density at radius 2 is 2.00 bits per heavy atom. The van der Waals surface area contributed by atoms with Crippen LogP contribution < -0.4 is 16.0 Å². The van der Waals surface area contributed by atoms with Gasteiger partial charge in [-0.15, -0.1) is 0 Å². The van der Waals surface area contributed by atoms with Crippen LogP contribution in [0.2, 0.25) is 5.02 Å². The highest BCUT2D eigenvalue weighted by molar-refractivity contribution is 6.31. The molecule has 0 unspecified atom stereocenters. The zero-order valence-electron chi connectivity index (χ0n) is 11.5. The van der Waals surface area contributed by atoms with Crippen LogP contribution in [0.5, 0.6) is 11.6 Å². The summed E-state index contributed by atoms with van der Waals surface area (Å²) >= 11 is 6.09. The number of anilines is 1. The molecule has 106 valence electrons. The van der Waals surface area contributed by atoms with Gasteiger partial charge in [0.1, 0.15) is 17.4 Å². The van der Waals surface area contributed by atoms with Crippen LogP contribution in [0.1, 0.15) is 25.2 Å². The minimum Gasteiger partial charge on any atom is -0.439 e. The van der Waals surface area contributed by atoms with Gasteiger partial charge in [0.15, 0.2) is 0 Å². The monoisotopic (exact) mass is 292 g/mol. The van der Waals surface area contributed by atoms with Crippen molar-refractivity contribution in [1.29, 1.82) is 0 Å². The lowest BCUT2D eigenvalue weighted by Crippen LogP contribution is -2.10. The Balaban J connectivity index is 2.29. The van der Waals surface area contributed by atoms with Crippen molar-refractivity contribution in [3.8, 4) is 11.6 Å². The van der Waals surface area contributed by atoms with Crippen LogP contribution in [0.4, 0.5) is 5.82 Å². The Morgan fingerprint density at radius 3 is 2.65 bits per heavy atom. The molecule has 2 aromatic rings. The van der Waals surface area contributed by atoms with Crippen molar-refractivity contribution < 1.29 is 4.74 Å². The summed E-state index contributed by atoms with van der Waals surface area (Å²) in [6, 6.07) is 7.19. The summed E-state index contributed by atoms with van der Waals surface area (Å²) in [5, 5.41) is 0.737. The van der Waals surface area contributed by atoms with Gasteiger partial charge in [0.25, 0.3) is 0 Å². The Hall–Kier alpha value is -1.85. The number of hydrogen-bond donors (Lipinski definition) is 2. The van der Waals surface area contributed by atoms with Crippen LogP contribution in [0.25, 0.3) is 0 Å². The number of halogens is 1. The van der Waals surface area contributed by atoms with E-state index in [9.17, 15) is 0 Å². The number of rotatable bonds is 5. The second kappa shape index (κ2) is 6.54. The Bertz CT molecular complexity index is 581. The molecule has 0 aliphatic heterocycles. The number of aromatic nitrogens is 2. The van der Waals surface area contributed by atoms with Crippen molar-refractivity contribution in [1.82, 2.24) is 9.97 Å². The van der Waals surface area contributed by atoms with E-state index in [1.165, 1.54) is 0 Å². The third-order valence-electron chi connectivity index (χ3n) is 2.83. The number of nitrogens with one attached hydrogen (secondary N) is 1. The molecule has 0 radical (unpaired) electrons. The summed E-state index contributed by atoms with van der Waals surface area (Å²) in [6.45, 7) is 4.01. The molecule has 2 rings (SSSR count). The van der Waals surface area contributed by atoms with Crippen molar-refractivity contribution in [2.75, 3.05) is 5.43 Å². The fourth-order valence-corrected chi connectivity index (χ4v) is 2.01. The normalized spacial score (nSPS) is 10.4. The lowest BCUT2D eigenvalue weighted by Gasteiger charge is -2.09. The van der Waals surface area contributed by atoms with E-state index in [-0.39, 0.29) is 0 Å². The van der Waals surface area contributed by atoms with E-state index in [0.717, 1.165) is 17.0 Å². The summed E-state index contributed by atoms with van der Waals surface area (Å²) < 4.78 is 5.76. The van der Waals surface area contributed by atoms with E-state index in [4.69, 9.17) is 22.2 Å². The van der Waals surface area contributed by atoms with E-state index in [0.29, 0.717) is 29.7 Å². The molecule has 1 heterocycles. The number of nitrogens with two attached hydrogens (primary N) is 1. The van der Waals surface area contributed by atoms with Crippen molar-refractivity contribution in [2.24, 2.45) is 5.84 Å². The predicted octanol–water partition coefficient (Wildman–Crippen LogP) is 3.33. The highest BCUT2D eigenvalue weighted by Gasteiger charge is 2.07. The van der Waals surface area contributed by atoms with Crippen LogP contribution in [0, 0.1) is 0 Å². The van der Waals surface area contributed by atoms with Gasteiger partial charge < -0.3 is 10.2 Å². The third kappa shape index (κ3) is 3.37. The van der Waals surface area contributed by atoms with E-state index < -0.39 is 0 Å². The fraction of sp³-hybridized carbons (Fsp3) is 0.286. The molecule has 1 aromatic carbocycles. The van der Waals surface area contributed by atoms with Crippen LogP contribution in [-0.4, -0.2) is 9.97 Å². The maximum Gasteiger partial charge on any atom is 0.224 e. The fourth-order valence-electron chi connectivity index (χ4n) is 1.76. The van der Waals surface area contributed by atoms with Gasteiger partial charge in [-0.1, -0.05) is 25.4 Å². The molecule has 0 aliphatic carbocycles. The van der Waals surface area contributed by atoms with Crippen molar-refractivity contribution >= 4 is 17.4 Å². The van der Waals surface area contributed by atoms with Crippen molar-refractivity contribution in [3.05, 3.63) is 40.7 Å². The first kappa shape index (κ1) is 14.6. The number of benzene rings is 1. The van der Waals surface area contributed by atoms with E-state index in [2.05, 4.69) is 15.4 Å². The number of ether oxygens (including phenoxy) is 1. The van der Waals surface area contributed by atoms with Crippen LogP contribution in [-0.2, 0) is 12.8 Å². The maximum atomic E-state index is 6.09. The molecule has 0 saturated heterocycles. The van der Waals surface area contributed by atoms with Gasteiger partial charge in [0.05, 0.1) is 0 Å². The van der Waals surface area contributed by atoms with Gasteiger partial charge in [0.2, 0.25) is 5.88 Å². The van der Waals surface area contributed by atoms with E-state index in [1.807, 2.05) is 32.0 Å². The number of aryl methyl sites for hydroxylation is 2. The lowest BCUT2D eigenvalue weighted by molar-refractivity contribution is 0.458. The van der Waals surface area contributed by atoms with E-state index in [1.54, 1.807) is 6.07 Å². The molecule has 20 heavy (non-hydrogen) atoms. The molecule has 3 N–H and O–H groups in total. The first-order valence-corrected chi connectivity index (χ1v) is 6.85. The molecule has 0 bridgehead atoms. The zero-order chi connectivity index (χ0) is 14.5. The molecule has 1 aromatic heterocycles. The summed E-state index contributed by atoms with van der Waals surface area (Å²) in [6.07, 6.45) is 1.54. The standard InChI is InChI=1S/C14H17ClN4O/c1-3-9-7-10(5-6-11(9)15)20-14-8-13(19-16)17-12(4-2)18-14/h5-8H,3-4,16H2,1-2H3,(H,17,18,19). The van der Waals surface area contributed by atoms with Gasteiger partial charge in [0, 0.05) is 17.5 Å². The molecule has 0 aliphatic rings. The highest BCUT2D eigenvalue weighted by Crippen LogP contribution is 2.26. The van der Waals surface area contributed by atoms with Crippen LogP contribution >= 0.6 is 11.6 Å². The summed E-state index contributed by atoms with van der Waals surface area (Å²) in [7, 11) is 0. The van der Waals surface area contributed by atoms with Crippen molar-refractivity contribution in [2.45, 2.75) is 26.7 Å². The molecule has 5 nitrogen and oxygen atoms in total. The van der Waals surface area contributed by atoms with Crippen LogP contribution in [0.3, 0.4) is 0 Å². The van der Waals surface area contributed by atoms with Gasteiger partial charge in [-0.3, -0.25) is 0 Å². The molecular formula is C14H17ClN4O. The maximum absolute atomic E-state index is 6.09. The molecule has 0 amide bonds. The number of hydrazine groups is 1. The predicted molar refractivity (Wildman–Crippen MR) is 80.1 cm³/mol. The van der Waals surface area contributed by atoms with E-state index >= 15 is 0 Å². The largest absolute Gasteiger partial charge is 0.439 e. The average Bonchev–Trinajstić information content (AvgIpc) is 2.48. The highest BCUT2D eigenvalue weighted by atomic mass is 35.5. The van der Waals surface area contributed by atoms with Gasteiger partial charge in [-0.2, -0.15) is 4.98 Å². The van der Waals surface area contributed by atoms with Crippen molar-refractivity contribution in [3.63, 3.8) is 0 Å². The second-order valence-corrected chi connectivity index (χ2v) is 4.62. The second-order valence-electron chi connectivity index (χ2n) is 4.21. The Labute approximate surface area is 123 Å². The quantitative estimate of drug-likeness (QED) is 0.653. The third-order valence-corrected chi connectivity index (χ3v) is 3.20. The van der Waals surface area contributed by atoms with Crippen LogP contribution in [0.15, 0.2) is 24.3 Å². The smallest absolute Gasteiger partial charge is 0.224 e. The minimum atomic E-state index is 0.453. The van der Waals surface area contributed by atoms with Gasteiger partial charge >= 0.3 is 0 Å². The summed E-state index contributed by atoms with van der Waals surface area (Å²) in [5.74, 6) is 7.72. The minimum absolute atomic E-state index is 0.453. The first-order chi connectivity index (χ1) is 9.66. The molecule has 0 saturated carbocycles. The molecule has 0 fully saturated rings. The number of nitrogen functional groups attached to an aromatic ring is 1.